The first kappa shape index (κ1) is 17.0. The van der Waals surface area contributed by atoms with Crippen molar-refractivity contribution in [3.63, 3.8) is 0 Å². The summed E-state index contributed by atoms with van der Waals surface area (Å²) in [4.78, 5) is 0. The molecule has 0 radical (unpaired) electrons. The minimum Gasteiger partial charge on any atom is -0.0596 e. The molecule has 0 saturated carbocycles. The van der Waals surface area contributed by atoms with Crippen LogP contribution >= 0.6 is 0 Å². The molecule has 0 aromatic rings. The van der Waals surface area contributed by atoms with Gasteiger partial charge in [0.2, 0.25) is 0 Å². The Labute approximate surface area is 111 Å². The van der Waals surface area contributed by atoms with Crippen molar-refractivity contribution < 1.29 is 0 Å². The van der Waals surface area contributed by atoms with Gasteiger partial charge in [-0.2, -0.15) is 0 Å². The highest BCUT2D eigenvalue weighted by atomic mass is 14.6. The lowest BCUT2D eigenvalue weighted by atomic mass is 9.43. The number of hydrogen-bond acceptors (Lipinski definition) is 0. The molecular weight excluding hydrogens is 204 g/mol. The molecule has 0 heteroatoms. The predicted octanol–water partition coefficient (Wildman–Crippen LogP) is 6.16. The molecule has 0 saturated heterocycles. The second-order valence-electron chi connectivity index (χ2n) is 9.38. The van der Waals surface area contributed by atoms with Crippen molar-refractivity contribution >= 4 is 0 Å². The van der Waals surface area contributed by atoms with Crippen LogP contribution in [0.5, 0.6) is 0 Å². The van der Waals surface area contributed by atoms with Gasteiger partial charge < -0.3 is 0 Å². The Bertz CT molecular complexity index is 235. The summed E-state index contributed by atoms with van der Waals surface area (Å²) in [5, 5.41) is 0. The minimum atomic E-state index is 0.260. The lowest BCUT2D eigenvalue weighted by Crippen LogP contribution is -2.55. The Hall–Kier alpha value is 0. The van der Waals surface area contributed by atoms with Crippen LogP contribution in [0.15, 0.2) is 0 Å². The van der Waals surface area contributed by atoms with Crippen molar-refractivity contribution in [1.29, 1.82) is 0 Å². The Morgan fingerprint density at radius 2 is 0.471 bits per heavy atom. The third-order valence-electron chi connectivity index (χ3n) is 6.88. The zero-order valence-corrected chi connectivity index (χ0v) is 14.5. The van der Waals surface area contributed by atoms with Gasteiger partial charge in [0.15, 0.2) is 0 Å². The average molecular weight is 240 g/mol. The van der Waals surface area contributed by atoms with E-state index in [0.717, 1.165) is 0 Å². The minimum absolute atomic E-state index is 0.260. The molecule has 0 aromatic carbocycles. The maximum Gasteiger partial charge on any atom is -0.0242 e. The lowest BCUT2D eigenvalue weighted by Gasteiger charge is -2.62. The lowest BCUT2D eigenvalue weighted by molar-refractivity contribution is -0.131. The van der Waals surface area contributed by atoms with Crippen LogP contribution in [0, 0.1) is 27.1 Å². The standard InChI is InChI=1S/C17H36/c1-13(2,3)15(7,8)17(11,12)16(9,10)14(4,5)6/h1-12H3. The van der Waals surface area contributed by atoms with Gasteiger partial charge in [-0.15, -0.1) is 0 Å². The summed E-state index contributed by atoms with van der Waals surface area (Å²) in [6.45, 7) is 28.8. The summed E-state index contributed by atoms with van der Waals surface area (Å²) in [5.41, 5.74) is 1.42. The van der Waals surface area contributed by atoms with Crippen molar-refractivity contribution in [2.45, 2.75) is 83.1 Å². The van der Waals surface area contributed by atoms with Crippen LogP contribution in [0.1, 0.15) is 83.1 Å². The molecule has 0 fully saturated rings. The fourth-order valence-corrected chi connectivity index (χ4v) is 2.66. The van der Waals surface area contributed by atoms with Crippen LogP contribution in [0.2, 0.25) is 0 Å². The first-order valence-electron chi connectivity index (χ1n) is 7.00. The molecular formula is C17H36. The van der Waals surface area contributed by atoms with Crippen LogP contribution in [0.25, 0.3) is 0 Å². The van der Waals surface area contributed by atoms with E-state index in [2.05, 4.69) is 83.1 Å². The topological polar surface area (TPSA) is 0 Å². The molecule has 0 amide bonds. The van der Waals surface area contributed by atoms with Crippen molar-refractivity contribution in [3.8, 4) is 0 Å². The first-order valence-corrected chi connectivity index (χ1v) is 7.00. The van der Waals surface area contributed by atoms with Gasteiger partial charge in [0.1, 0.15) is 0 Å². The summed E-state index contributed by atoms with van der Waals surface area (Å²) in [6.07, 6.45) is 0. The molecule has 0 aliphatic rings. The van der Waals surface area contributed by atoms with Gasteiger partial charge in [-0.1, -0.05) is 83.1 Å². The normalized spacial score (nSPS) is 16.2. The van der Waals surface area contributed by atoms with Gasteiger partial charge in [-0.25, -0.2) is 0 Å². The van der Waals surface area contributed by atoms with E-state index in [-0.39, 0.29) is 16.2 Å². The van der Waals surface area contributed by atoms with E-state index in [1.54, 1.807) is 0 Å². The monoisotopic (exact) mass is 240 g/mol. The molecule has 0 N–H and O–H groups in total. The molecule has 0 nitrogen and oxygen atoms in total. The molecule has 0 heterocycles. The quantitative estimate of drug-likeness (QED) is 0.542. The van der Waals surface area contributed by atoms with E-state index < -0.39 is 0 Å². The highest BCUT2D eigenvalue weighted by Gasteiger charge is 2.56. The van der Waals surface area contributed by atoms with E-state index in [4.69, 9.17) is 0 Å². The fourth-order valence-electron chi connectivity index (χ4n) is 2.66. The highest BCUT2D eigenvalue weighted by Crippen LogP contribution is 2.63. The van der Waals surface area contributed by atoms with E-state index >= 15 is 0 Å². The van der Waals surface area contributed by atoms with Gasteiger partial charge in [0.05, 0.1) is 0 Å². The van der Waals surface area contributed by atoms with Crippen LogP contribution in [0.3, 0.4) is 0 Å². The summed E-state index contributed by atoms with van der Waals surface area (Å²) < 4.78 is 0. The maximum absolute atomic E-state index is 2.45. The molecule has 0 aliphatic carbocycles. The molecule has 104 valence electrons. The molecule has 0 bridgehead atoms. The smallest absolute Gasteiger partial charge is 0.0242 e. The summed E-state index contributed by atoms with van der Waals surface area (Å²) >= 11 is 0. The molecule has 0 aliphatic heterocycles. The number of hydrogen-bond donors (Lipinski definition) is 0. The van der Waals surface area contributed by atoms with E-state index in [0.29, 0.717) is 10.8 Å². The second-order valence-corrected chi connectivity index (χ2v) is 9.38. The second kappa shape index (κ2) is 4.00. The predicted molar refractivity (Wildman–Crippen MR) is 80.3 cm³/mol. The maximum atomic E-state index is 2.45. The zero-order valence-electron chi connectivity index (χ0n) is 14.5. The van der Waals surface area contributed by atoms with Crippen LogP contribution in [0.4, 0.5) is 0 Å². The van der Waals surface area contributed by atoms with E-state index in [9.17, 15) is 0 Å². The Morgan fingerprint density at radius 3 is 0.588 bits per heavy atom. The van der Waals surface area contributed by atoms with Crippen LogP contribution in [-0.2, 0) is 0 Å². The Balaban J connectivity index is 5.73. The Morgan fingerprint density at radius 1 is 0.294 bits per heavy atom. The van der Waals surface area contributed by atoms with Crippen molar-refractivity contribution in [1.82, 2.24) is 0 Å². The van der Waals surface area contributed by atoms with Crippen LogP contribution < -0.4 is 0 Å². The van der Waals surface area contributed by atoms with E-state index in [1.165, 1.54) is 0 Å². The zero-order chi connectivity index (χ0) is 14.5. The largest absolute Gasteiger partial charge is 0.0596 e. The van der Waals surface area contributed by atoms with Gasteiger partial charge in [0, 0.05) is 0 Å². The summed E-state index contributed by atoms with van der Waals surface area (Å²) in [5.74, 6) is 0. The van der Waals surface area contributed by atoms with Gasteiger partial charge in [-0.05, 0) is 27.1 Å². The molecule has 17 heavy (non-hydrogen) atoms. The van der Waals surface area contributed by atoms with Crippen LogP contribution in [-0.4, -0.2) is 0 Å². The van der Waals surface area contributed by atoms with Gasteiger partial charge in [0.25, 0.3) is 0 Å². The van der Waals surface area contributed by atoms with Crippen molar-refractivity contribution in [3.05, 3.63) is 0 Å². The number of rotatable bonds is 2. The molecule has 0 spiro atoms. The Kier molecular flexibility index (Phi) is 4.00. The molecule has 0 unspecified atom stereocenters. The fraction of sp³-hybridized carbons (Fsp3) is 1.00. The van der Waals surface area contributed by atoms with Gasteiger partial charge in [-0.3, -0.25) is 0 Å². The SMILES string of the molecule is CC(C)(C)C(C)(C)C(C)(C)C(C)(C)C(C)(C)C. The average Bonchev–Trinajstić information content (AvgIpc) is 1.98. The molecule has 0 atom stereocenters. The molecule has 0 rings (SSSR count). The molecule has 0 aromatic heterocycles. The van der Waals surface area contributed by atoms with E-state index in [1.807, 2.05) is 0 Å². The van der Waals surface area contributed by atoms with Crippen molar-refractivity contribution in [2.75, 3.05) is 0 Å². The third-order valence-corrected chi connectivity index (χ3v) is 6.88. The third kappa shape index (κ3) is 2.42. The first-order chi connectivity index (χ1) is 7.00. The van der Waals surface area contributed by atoms with Gasteiger partial charge >= 0.3 is 0 Å². The summed E-state index contributed by atoms with van der Waals surface area (Å²) in [7, 11) is 0. The summed E-state index contributed by atoms with van der Waals surface area (Å²) in [6, 6.07) is 0. The highest BCUT2D eigenvalue weighted by molar-refractivity contribution is 5.04. The van der Waals surface area contributed by atoms with Crippen molar-refractivity contribution in [2.24, 2.45) is 27.1 Å².